The maximum atomic E-state index is 14.1. The van der Waals surface area contributed by atoms with E-state index in [4.69, 9.17) is 5.73 Å². The minimum Gasteiger partial charge on any atom is -0.404 e. The summed E-state index contributed by atoms with van der Waals surface area (Å²) in [6.45, 7) is 1.08. The molecule has 0 atom stereocenters. The van der Waals surface area contributed by atoms with Gasteiger partial charge in [0.05, 0.1) is 5.69 Å². The van der Waals surface area contributed by atoms with Gasteiger partial charge in [0.2, 0.25) is 0 Å². The van der Waals surface area contributed by atoms with Crippen molar-refractivity contribution in [1.29, 1.82) is 0 Å². The predicted molar refractivity (Wildman–Crippen MR) is 126 cm³/mol. The summed E-state index contributed by atoms with van der Waals surface area (Å²) < 4.78 is 28.1. The fourth-order valence-electron chi connectivity index (χ4n) is 3.93. The molecule has 0 spiro atoms. The minimum absolute atomic E-state index is 0.104. The van der Waals surface area contributed by atoms with E-state index >= 15 is 0 Å². The molecule has 0 saturated heterocycles. The number of carbonyl (C=O) groups is 1. The molecule has 7 nitrogen and oxygen atoms in total. The molecule has 1 aromatic heterocycles. The number of halogens is 2. The Labute approximate surface area is 186 Å². The largest absolute Gasteiger partial charge is 0.404 e. The van der Waals surface area contributed by atoms with Crippen molar-refractivity contribution in [2.24, 2.45) is 10.7 Å². The predicted octanol–water partition coefficient (Wildman–Crippen LogP) is 4.15. The van der Waals surface area contributed by atoms with E-state index in [1.807, 2.05) is 11.0 Å². The standard InChI is InChI=1S/C23H28F2N6O/c1-27-14-16(13-26)17-11-15-5-3-9-31(20(15)12-18(17)22(24)25)23-21(29-7-4-10-32)19(28-2)6-8-30-23/h6,8,10-14,22,29H,3-5,7,9,26H2,1-2H3,(H,28,30). The first-order valence-electron chi connectivity index (χ1n) is 10.5. The number of rotatable bonds is 9. The summed E-state index contributed by atoms with van der Waals surface area (Å²) in [4.78, 5) is 21.2. The highest BCUT2D eigenvalue weighted by Crippen LogP contribution is 2.42. The lowest BCUT2D eigenvalue weighted by Gasteiger charge is -2.33. The van der Waals surface area contributed by atoms with Gasteiger partial charge in [0, 0.05) is 69.0 Å². The number of hydrogen-bond acceptors (Lipinski definition) is 7. The lowest BCUT2D eigenvalue weighted by Crippen LogP contribution is -2.27. The molecule has 1 aromatic carbocycles. The van der Waals surface area contributed by atoms with E-state index in [0.29, 0.717) is 42.2 Å². The third kappa shape index (κ3) is 4.71. The van der Waals surface area contributed by atoms with Crippen LogP contribution in [0.2, 0.25) is 0 Å². The molecule has 1 aliphatic rings. The molecule has 4 N–H and O–H groups in total. The zero-order chi connectivity index (χ0) is 23.1. The van der Waals surface area contributed by atoms with Gasteiger partial charge in [-0.3, -0.25) is 4.99 Å². The van der Waals surface area contributed by atoms with Crippen LogP contribution in [0.4, 0.5) is 31.7 Å². The van der Waals surface area contributed by atoms with Gasteiger partial charge >= 0.3 is 0 Å². The van der Waals surface area contributed by atoms with Crippen molar-refractivity contribution in [3.63, 3.8) is 0 Å². The number of benzene rings is 1. The van der Waals surface area contributed by atoms with Crippen molar-refractivity contribution < 1.29 is 13.6 Å². The lowest BCUT2D eigenvalue weighted by molar-refractivity contribution is -0.107. The van der Waals surface area contributed by atoms with E-state index in [1.165, 1.54) is 18.5 Å². The summed E-state index contributed by atoms with van der Waals surface area (Å²) in [7, 11) is 3.37. The molecule has 2 aromatic rings. The number of carbonyl (C=O) groups excluding carboxylic acids is 1. The number of anilines is 4. The highest BCUT2D eigenvalue weighted by Gasteiger charge is 2.27. The van der Waals surface area contributed by atoms with Crippen LogP contribution >= 0.6 is 0 Å². The molecule has 0 radical (unpaired) electrons. The molecule has 0 saturated carbocycles. The van der Waals surface area contributed by atoms with E-state index in [2.05, 4.69) is 20.6 Å². The van der Waals surface area contributed by atoms with Gasteiger partial charge in [0.25, 0.3) is 6.43 Å². The number of pyridine rings is 1. The van der Waals surface area contributed by atoms with Crippen molar-refractivity contribution in [2.75, 3.05) is 42.7 Å². The molecule has 32 heavy (non-hydrogen) atoms. The number of aromatic nitrogens is 1. The number of hydrogen-bond donors (Lipinski definition) is 3. The number of nitrogens with two attached hydrogens (primary N) is 1. The number of nitrogens with zero attached hydrogens (tertiary/aromatic N) is 3. The molecule has 0 amide bonds. The SMILES string of the molecule is CN=CC(=CN)c1cc2c(cc1C(F)F)N(c1nccc(NC)c1NCCC=O)CCC2. The van der Waals surface area contributed by atoms with Crippen LogP contribution in [-0.4, -0.2) is 44.7 Å². The molecule has 0 fully saturated rings. The Kier molecular flexibility index (Phi) is 7.75. The van der Waals surface area contributed by atoms with Gasteiger partial charge < -0.3 is 26.1 Å². The van der Waals surface area contributed by atoms with Crippen LogP contribution in [0, 0.1) is 0 Å². The van der Waals surface area contributed by atoms with Crippen LogP contribution in [0.15, 0.2) is 35.6 Å². The Hall–Kier alpha value is -3.49. The fraction of sp³-hybridized carbons (Fsp3) is 0.348. The number of nitrogens with one attached hydrogen (secondary N) is 2. The van der Waals surface area contributed by atoms with Crippen LogP contribution < -0.4 is 21.3 Å². The minimum atomic E-state index is -2.68. The molecule has 0 bridgehead atoms. The third-order valence-electron chi connectivity index (χ3n) is 5.38. The van der Waals surface area contributed by atoms with Gasteiger partial charge in [-0.15, -0.1) is 0 Å². The summed E-state index contributed by atoms with van der Waals surface area (Å²) in [6, 6.07) is 5.14. The van der Waals surface area contributed by atoms with Crippen LogP contribution in [-0.2, 0) is 11.2 Å². The summed E-state index contributed by atoms with van der Waals surface area (Å²) in [5.74, 6) is 0.626. The van der Waals surface area contributed by atoms with E-state index in [-0.39, 0.29) is 5.56 Å². The number of aldehydes is 1. The van der Waals surface area contributed by atoms with Crippen molar-refractivity contribution in [2.45, 2.75) is 25.7 Å². The topological polar surface area (TPSA) is 95.6 Å². The summed E-state index contributed by atoms with van der Waals surface area (Å²) in [5.41, 5.74) is 9.61. The number of aliphatic imine (C=N–C) groups is 1. The van der Waals surface area contributed by atoms with Gasteiger partial charge in [0.15, 0.2) is 5.82 Å². The van der Waals surface area contributed by atoms with Gasteiger partial charge in [-0.2, -0.15) is 0 Å². The molecule has 3 rings (SSSR count). The van der Waals surface area contributed by atoms with Gasteiger partial charge in [-0.05, 0) is 42.2 Å². The Morgan fingerprint density at radius 3 is 2.88 bits per heavy atom. The number of fused-ring (bicyclic) bond motifs is 1. The van der Waals surface area contributed by atoms with Crippen LogP contribution in [0.1, 0.15) is 36.0 Å². The molecule has 2 heterocycles. The normalized spacial score (nSPS) is 14.0. The Morgan fingerprint density at radius 2 is 2.22 bits per heavy atom. The fourth-order valence-corrected chi connectivity index (χ4v) is 3.93. The Bertz CT molecular complexity index is 1020. The van der Waals surface area contributed by atoms with Crippen molar-refractivity contribution in [3.05, 3.63) is 47.3 Å². The first kappa shape index (κ1) is 23.2. The van der Waals surface area contributed by atoms with Crippen LogP contribution in [0.5, 0.6) is 0 Å². The molecule has 1 aliphatic heterocycles. The third-order valence-corrected chi connectivity index (χ3v) is 5.38. The van der Waals surface area contributed by atoms with Crippen LogP contribution in [0.3, 0.4) is 0 Å². The highest BCUT2D eigenvalue weighted by molar-refractivity contribution is 6.10. The Balaban J connectivity index is 2.15. The first-order valence-corrected chi connectivity index (χ1v) is 10.5. The van der Waals surface area contributed by atoms with Crippen molar-refractivity contribution >= 4 is 41.0 Å². The zero-order valence-corrected chi connectivity index (χ0v) is 18.2. The molecule has 0 unspecified atom stereocenters. The number of aryl methyl sites for hydroxylation is 1. The second kappa shape index (κ2) is 10.7. The molecule has 0 aliphatic carbocycles. The van der Waals surface area contributed by atoms with E-state index < -0.39 is 6.43 Å². The van der Waals surface area contributed by atoms with Gasteiger partial charge in [-0.25, -0.2) is 13.8 Å². The van der Waals surface area contributed by atoms with E-state index in [1.54, 1.807) is 26.4 Å². The van der Waals surface area contributed by atoms with Gasteiger partial charge in [-0.1, -0.05) is 0 Å². The van der Waals surface area contributed by atoms with Crippen LogP contribution in [0.25, 0.3) is 5.57 Å². The maximum Gasteiger partial charge on any atom is 0.264 e. The van der Waals surface area contributed by atoms with Crippen molar-refractivity contribution in [3.8, 4) is 0 Å². The second-order valence-electron chi connectivity index (χ2n) is 7.32. The quantitative estimate of drug-likeness (QED) is 0.307. The lowest BCUT2D eigenvalue weighted by atomic mass is 9.92. The maximum absolute atomic E-state index is 14.1. The summed E-state index contributed by atoms with van der Waals surface area (Å²) in [5, 5.41) is 6.39. The van der Waals surface area contributed by atoms with Crippen molar-refractivity contribution in [1.82, 2.24) is 4.98 Å². The molecule has 170 valence electrons. The smallest absolute Gasteiger partial charge is 0.264 e. The molecular formula is C23H28F2N6O. The summed E-state index contributed by atoms with van der Waals surface area (Å²) in [6.07, 6.45) is 4.56. The van der Waals surface area contributed by atoms with E-state index in [9.17, 15) is 13.6 Å². The average Bonchev–Trinajstić information content (AvgIpc) is 2.81. The number of allylic oxidation sites excluding steroid dienone is 1. The van der Waals surface area contributed by atoms with E-state index in [0.717, 1.165) is 36.1 Å². The number of alkyl halides is 2. The zero-order valence-electron chi connectivity index (χ0n) is 18.2. The molecule has 9 heteroatoms. The summed E-state index contributed by atoms with van der Waals surface area (Å²) >= 11 is 0. The Morgan fingerprint density at radius 1 is 1.41 bits per heavy atom. The second-order valence-corrected chi connectivity index (χ2v) is 7.32. The highest BCUT2D eigenvalue weighted by atomic mass is 19.3. The first-order chi connectivity index (χ1) is 15.5. The average molecular weight is 443 g/mol. The van der Waals surface area contributed by atoms with Gasteiger partial charge in [0.1, 0.15) is 12.0 Å². The molecular weight excluding hydrogens is 414 g/mol. The monoisotopic (exact) mass is 442 g/mol.